The summed E-state index contributed by atoms with van der Waals surface area (Å²) in [4.78, 5) is 18.2. The molecule has 26 heavy (non-hydrogen) atoms. The molecule has 0 aliphatic rings. The molecule has 3 aromatic rings. The summed E-state index contributed by atoms with van der Waals surface area (Å²) < 4.78 is 13.3. The minimum Gasteiger partial charge on any atom is -0.478 e. The van der Waals surface area contributed by atoms with E-state index in [0.717, 1.165) is 28.9 Å². The monoisotopic (exact) mass is 352 g/mol. The van der Waals surface area contributed by atoms with Crippen LogP contribution in [0, 0.1) is 5.82 Å². The minimum absolute atomic E-state index is 0.229. The lowest BCUT2D eigenvalue weighted by atomic mass is 10.0. The first-order valence-corrected chi connectivity index (χ1v) is 8.61. The van der Waals surface area contributed by atoms with Gasteiger partial charge in [0.15, 0.2) is 0 Å². The van der Waals surface area contributed by atoms with Crippen LogP contribution >= 0.6 is 0 Å². The first kappa shape index (κ1) is 17.9. The average Bonchev–Trinajstić information content (AvgIpc) is 2.61. The molecule has 0 aliphatic heterocycles. The molecule has 1 aromatic heterocycles. The predicted octanol–water partition coefficient (Wildman–Crippen LogP) is 4.97. The number of carboxylic acids is 1. The lowest BCUT2D eigenvalue weighted by Crippen LogP contribution is -2.31. The third-order valence-corrected chi connectivity index (χ3v) is 4.43. The number of aromatic nitrogens is 1. The normalized spacial score (nSPS) is 11.1. The van der Waals surface area contributed by atoms with E-state index in [9.17, 15) is 14.3 Å². The molecule has 0 bridgehead atoms. The number of hydrogen-bond donors (Lipinski definition) is 1. The maximum absolute atomic E-state index is 13.3. The molecule has 3 rings (SSSR count). The number of carboxylic acid groups (broad SMARTS) is 1. The third-order valence-electron chi connectivity index (χ3n) is 4.43. The summed E-state index contributed by atoms with van der Waals surface area (Å²) >= 11 is 0. The highest BCUT2D eigenvalue weighted by molar-refractivity contribution is 5.96. The number of rotatable bonds is 5. The molecule has 0 amide bonds. The number of nitrogens with zero attached hydrogens (tertiary/aromatic N) is 2. The van der Waals surface area contributed by atoms with Crippen LogP contribution in [-0.4, -0.2) is 28.6 Å². The molecule has 134 valence electrons. The Morgan fingerprint density at radius 1 is 1.15 bits per heavy atom. The molecule has 4 nitrogen and oxygen atoms in total. The molecule has 0 aliphatic carbocycles. The van der Waals surface area contributed by atoms with Crippen LogP contribution in [0.5, 0.6) is 0 Å². The van der Waals surface area contributed by atoms with Crippen LogP contribution < -0.4 is 4.90 Å². The zero-order valence-corrected chi connectivity index (χ0v) is 15.0. The summed E-state index contributed by atoms with van der Waals surface area (Å²) in [6.07, 6.45) is 0. The SMILES string of the molecule is CCN(c1cc2cc(C(=O)O)ccc2nc1-c1ccc(F)cc1)C(C)C. The molecule has 0 spiro atoms. The highest BCUT2D eigenvalue weighted by atomic mass is 19.1. The Labute approximate surface area is 151 Å². The topological polar surface area (TPSA) is 53.4 Å². The summed E-state index contributed by atoms with van der Waals surface area (Å²) in [5.41, 5.74) is 3.43. The highest BCUT2D eigenvalue weighted by Crippen LogP contribution is 2.33. The number of anilines is 1. The summed E-state index contributed by atoms with van der Waals surface area (Å²) in [5.74, 6) is -1.26. The fourth-order valence-electron chi connectivity index (χ4n) is 3.15. The molecule has 0 atom stereocenters. The zero-order chi connectivity index (χ0) is 18.8. The number of halogens is 1. The summed E-state index contributed by atoms with van der Waals surface area (Å²) in [7, 11) is 0. The van der Waals surface area contributed by atoms with E-state index in [-0.39, 0.29) is 17.4 Å². The first-order chi connectivity index (χ1) is 12.4. The van der Waals surface area contributed by atoms with E-state index in [4.69, 9.17) is 4.98 Å². The van der Waals surface area contributed by atoms with Gasteiger partial charge in [0.05, 0.1) is 22.5 Å². The molecule has 0 fully saturated rings. The number of benzene rings is 2. The second-order valence-corrected chi connectivity index (χ2v) is 6.46. The zero-order valence-electron chi connectivity index (χ0n) is 15.0. The van der Waals surface area contributed by atoms with Gasteiger partial charge in [0.25, 0.3) is 0 Å². The molecule has 2 aromatic carbocycles. The van der Waals surface area contributed by atoms with Gasteiger partial charge < -0.3 is 10.0 Å². The van der Waals surface area contributed by atoms with Crippen molar-refractivity contribution in [2.24, 2.45) is 0 Å². The van der Waals surface area contributed by atoms with Crippen LogP contribution in [0.4, 0.5) is 10.1 Å². The van der Waals surface area contributed by atoms with E-state index in [1.165, 1.54) is 12.1 Å². The Bertz CT molecular complexity index is 952. The second kappa shape index (κ2) is 7.12. The smallest absolute Gasteiger partial charge is 0.335 e. The van der Waals surface area contributed by atoms with Crippen molar-refractivity contribution >= 4 is 22.6 Å². The van der Waals surface area contributed by atoms with Crippen molar-refractivity contribution in [3.63, 3.8) is 0 Å². The molecular formula is C21H21FN2O2. The molecule has 0 radical (unpaired) electrons. The fraction of sp³-hybridized carbons (Fsp3) is 0.238. The van der Waals surface area contributed by atoms with E-state index in [1.54, 1.807) is 30.3 Å². The Morgan fingerprint density at radius 3 is 2.42 bits per heavy atom. The molecular weight excluding hydrogens is 331 g/mol. The Morgan fingerprint density at radius 2 is 1.85 bits per heavy atom. The van der Waals surface area contributed by atoms with Gasteiger partial charge in [-0.05, 0) is 69.3 Å². The Balaban J connectivity index is 2.27. The van der Waals surface area contributed by atoms with Crippen molar-refractivity contribution < 1.29 is 14.3 Å². The van der Waals surface area contributed by atoms with Crippen LogP contribution in [0.1, 0.15) is 31.1 Å². The summed E-state index contributed by atoms with van der Waals surface area (Å²) in [6, 6.07) is 13.4. The van der Waals surface area contributed by atoms with Crippen LogP contribution in [0.3, 0.4) is 0 Å². The lowest BCUT2D eigenvalue weighted by Gasteiger charge is -2.29. The van der Waals surface area contributed by atoms with Crippen LogP contribution in [-0.2, 0) is 0 Å². The summed E-state index contributed by atoms with van der Waals surface area (Å²) in [5, 5.41) is 10.0. The van der Waals surface area contributed by atoms with Gasteiger partial charge in [-0.2, -0.15) is 0 Å². The maximum atomic E-state index is 13.3. The first-order valence-electron chi connectivity index (χ1n) is 8.61. The fourth-order valence-corrected chi connectivity index (χ4v) is 3.15. The largest absolute Gasteiger partial charge is 0.478 e. The number of aromatic carboxylic acids is 1. The molecule has 1 N–H and O–H groups in total. The lowest BCUT2D eigenvalue weighted by molar-refractivity contribution is 0.0697. The standard InChI is InChI=1S/C21H21FN2O2/c1-4-24(13(2)3)19-12-16-11-15(21(25)26)7-10-18(16)23-20(19)14-5-8-17(22)9-6-14/h5-13H,4H2,1-3H3,(H,25,26). The Kier molecular flexibility index (Phi) is 4.89. The second-order valence-electron chi connectivity index (χ2n) is 6.46. The number of pyridine rings is 1. The maximum Gasteiger partial charge on any atom is 0.335 e. The van der Waals surface area contributed by atoms with Gasteiger partial charge in [-0.1, -0.05) is 0 Å². The van der Waals surface area contributed by atoms with Crippen LogP contribution in [0.2, 0.25) is 0 Å². The van der Waals surface area contributed by atoms with Crippen molar-refractivity contribution in [2.45, 2.75) is 26.8 Å². The van der Waals surface area contributed by atoms with Crippen molar-refractivity contribution in [1.82, 2.24) is 4.98 Å². The van der Waals surface area contributed by atoms with E-state index < -0.39 is 5.97 Å². The minimum atomic E-state index is -0.965. The predicted molar refractivity (Wildman–Crippen MR) is 102 cm³/mol. The van der Waals surface area contributed by atoms with Gasteiger partial charge in [-0.3, -0.25) is 0 Å². The molecule has 5 heteroatoms. The van der Waals surface area contributed by atoms with Crippen LogP contribution in [0.15, 0.2) is 48.5 Å². The quantitative estimate of drug-likeness (QED) is 0.704. The van der Waals surface area contributed by atoms with E-state index in [2.05, 4.69) is 25.7 Å². The molecule has 1 heterocycles. The Hall–Kier alpha value is -2.95. The van der Waals surface area contributed by atoms with E-state index >= 15 is 0 Å². The molecule has 0 unspecified atom stereocenters. The van der Waals surface area contributed by atoms with Gasteiger partial charge in [-0.15, -0.1) is 0 Å². The van der Waals surface area contributed by atoms with E-state index in [1.807, 2.05) is 6.07 Å². The van der Waals surface area contributed by atoms with Crippen molar-refractivity contribution in [1.29, 1.82) is 0 Å². The third kappa shape index (κ3) is 3.38. The average molecular weight is 352 g/mol. The highest BCUT2D eigenvalue weighted by Gasteiger charge is 2.17. The van der Waals surface area contributed by atoms with Gasteiger partial charge in [0.1, 0.15) is 5.82 Å². The van der Waals surface area contributed by atoms with E-state index in [0.29, 0.717) is 5.52 Å². The molecule has 0 saturated heterocycles. The summed E-state index contributed by atoms with van der Waals surface area (Å²) in [6.45, 7) is 7.02. The van der Waals surface area contributed by atoms with Gasteiger partial charge >= 0.3 is 5.97 Å². The van der Waals surface area contributed by atoms with Gasteiger partial charge in [0, 0.05) is 23.5 Å². The van der Waals surface area contributed by atoms with Gasteiger partial charge in [-0.25, -0.2) is 14.2 Å². The van der Waals surface area contributed by atoms with Crippen LogP contribution in [0.25, 0.3) is 22.2 Å². The van der Waals surface area contributed by atoms with Gasteiger partial charge in [0.2, 0.25) is 0 Å². The van der Waals surface area contributed by atoms with Crippen molar-refractivity contribution in [2.75, 3.05) is 11.4 Å². The molecule has 0 saturated carbocycles. The number of fused-ring (bicyclic) bond motifs is 1. The van der Waals surface area contributed by atoms with Crippen molar-refractivity contribution in [3.8, 4) is 11.3 Å². The number of hydrogen-bond acceptors (Lipinski definition) is 3. The van der Waals surface area contributed by atoms with Crippen molar-refractivity contribution in [3.05, 3.63) is 59.9 Å². The number of carbonyl (C=O) groups is 1.